The second-order valence-electron chi connectivity index (χ2n) is 10.8. The summed E-state index contributed by atoms with van der Waals surface area (Å²) in [4.78, 5) is 11.1. The number of likely N-dealkylation sites (tertiary alicyclic amines) is 1. The van der Waals surface area contributed by atoms with Gasteiger partial charge >= 0.3 is 0 Å². The average Bonchev–Trinajstić information content (AvgIpc) is 3.38. The van der Waals surface area contributed by atoms with E-state index in [1.165, 1.54) is 0 Å². The van der Waals surface area contributed by atoms with E-state index in [-0.39, 0.29) is 24.0 Å². The standard InChI is InChI=1S/C25H27Cl2FN6O2/c26-17-3-14-8-29-24(32-20-9-30-34(23(20)27)25-5-13(6-25)7-25)31-19(14)4-16(17)15-1-2-33(10-18(15)28)21-11-36-12-22(21)35/h3-4,8-9,13,15,18,21-22,35H,1-2,5-7,10-12H2,(H,29,31,32)/t13?,15?,18-,21?,22+,25?/m0/s1. The smallest absolute Gasteiger partial charge is 0.227 e. The lowest BCUT2D eigenvalue weighted by molar-refractivity contribution is -0.0975. The van der Waals surface area contributed by atoms with Crippen LogP contribution in [0.25, 0.3) is 10.9 Å². The van der Waals surface area contributed by atoms with Gasteiger partial charge in [0, 0.05) is 29.1 Å². The summed E-state index contributed by atoms with van der Waals surface area (Å²) in [5.41, 5.74) is 2.20. The second-order valence-corrected chi connectivity index (χ2v) is 11.6. The normalized spacial score (nSPS) is 33.9. The van der Waals surface area contributed by atoms with Gasteiger partial charge in [0.25, 0.3) is 0 Å². The molecule has 190 valence electrons. The van der Waals surface area contributed by atoms with E-state index in [0.29, 0.717) is 53.5 Å². The molecule has 2 saturated heterocycles. The van der Waals surface area contributed by atoms with Gasteiger partial charge in [0.2, 0.25) is 5.95 Å². The lowest BCUT2D eigenvalue weighted by atomic mass is 9.50. The summed E-state index contributed by atoms with van der Waals surface area (Å²) in [5, 5.41) is 19.7. The van der Waals surface area contributed by atoms with Gasteiger partial charge in [-0.25, -0.2) is 19.0 Å². The number of hydrogen-bond acceptors (Lipinski definition) is 7. The van der Waals surface area contributed by atoms with Crippen LogP contribution in [0.15, 0.2) is 24.5 Å². The highest BCUT2D eigenvalue weighted by Crippen LogP contribution is 2.63. The van der Waals surface area contributed by atoms with Gasteiger partial charge in [0.15, 0.2) is 5.15 Å². The lowest BCUT2D eigenvalue weighted by Crippen LogP contribution is -2.59. The number of aromatic nitrogens is 4. The van der Waals surface area contributed by atoms with Crippen LogP contribution < -0.4 is 5.32 Å². The number of aliphatic hydroxyl groups excluding tert-OH is 1. The third kappa shape index (κ3) is 3.62. The Morgan fingerprint density at radius 1 is 1.17 bits per heavy atom. The number of piperidine rings is 1. The van der Waals surface area contributed by atoms with E-state index in [0.717, 1.165) is 36.1 Å². The number of ether oxygens (including phenoxy) is 1. The Bertz CT molecular complexity index is 1320. The van der Waals surface area contributed by atoms with E-state index in [4.69, 9.17) is 27.9 Å². The molecule has 5 fully saturated rings. The lowest BCUT2D eigenvalue weighted by Gasteiger charge is -2.61. The van der Waals surface area contributed by atoms with Crippen molar-refractivity contribution in [2.75, 3.05) is 31.6 Å². The third-order valence-electron chi connectivity index (χ3n) is 8.57. The first-order valence-electron chi connectivity index (χ1n) is 12.5. The highest BCUT2D eigenvalue weighted by molar-refractivity contribution is 6.32. The fourth-order valence-electron chi connectivity index (χ4n) is 6.43. The van der Waals surface area contributed by atoms with Crippen LogP contribution in [0, 0.1) is 5.92 Å². The Morgan fingerprint density at radius 2 is 2.00 bits per heavy atom. The molecule has 2 N–H and O–H groups in total. The molecule has 2 unspecified atom stereocenters. The van der Waals surface area contributed by atoms with E-state index in [2.05, 4.69) is 20.4 Å². The Hall–Kier alpha value is -2.04. The monoisotopic (exact) mass is 532 g/mol. The van der Waals surface area contributed by atoms with E-state index in [9.17, 15) is 5.11 Å². The minimum atomic E-state index is -1.11. The van der Waals surface area contributed by atoms with Crippen molar-refractivity contribution in [3.63, 3.8) is 0 Å². The number of alkyl halides is 1. The molecule has 36 heavy (non-hydrogen) atoms. The molecule has 0 amide bonds. The molecule has 0 spiro atoms. The zero-order chi connectivity index (χ0) is 24.6. The van der Waals surface area contributed by atoms with Gasteiger partial charge in [-0.05, 0) is 55.8 Å². The van der Waals surface area contributed by atoms with Crippen molar-refractivity contribution < 1.29 is 14.2 Å². The number of aliphatic hydroxyl groups is 1. The number of nitrogens with one attached hydrogen (secondary N) is 1. The molecule has 3 aromatic rings. The number of anilines is 2. The highest BCUT2D eigenvalue weighted by atomic mass is 35.5. The van der Waals surface area contributed by atoms with E-state index in [1.807, 2.05) is 15.6 Å². The van der Waals surface area contributed by atoms with E-state index in [1.54, 1.807) is 18.5 Å². The number of hydrogen-bond donors (Lipinski definition) is 2. The first-order valence-corrected chi connectivity index (χ1v) is 13.3. The molecule has 8 rings (SSSR count). The number of nitrogens with zero attached hydrogens (tertiary/aromatic N) is 5. The van der Waals surface area contributed by atoms with Gasteiger partial charge in [-0.15, -0.1) is 0 Å². The number of benzene rings is 1. The summed E-state index contributed by atoms with van der Waals surface area (Å²) in [5.74, 6) is 0.882. The minimum absolute atomic E-state index is 0.0962. The van der Waals surface area contributed by atoms with Crippen molar-refractivity contribution in [2.45, 2.75) is 55.5 Å². The van der Waals surface area contributed by atoms with Crippen molar-refractivity contribution in [1.29, 1.82) is 0 Å². The molecule has 2 aliphatic heterocycles. The maximum absolute atomic E-state index is 15.4. The van der Waals surface area contributed by atoms with Crippen LogP contribution in [-0.4, -0.2) is 74.4 Å². The molecule has 5 aliphatic rings. The molecule has 11 heteroatoms. The summed E-state index contributed by atoms with van der Waals surface area (Å²) >= 11 is 13.2. The zero-order valence-electron chi connectivity index (χ0n) is 19.6. The molecule has 1 aromatic carbocycles. The fraction of sp³-hybridized carbons (Fsp3) is 0.560. The van der Waals surface area contributed by atoms with Crippen molar-refractivity contribution >= 4 is 45.7 Å². The molecule has 4 heterocycles. The fourth-order valence-corrected chi connectivity index (χ4v) is 7.06. The summed E-state index contributed by atoms with van der Waals surface area (Å²) in [6.07, 6.45) is 5.79. The Kier molecular flexibility index (Phi) is 5.45. The van der Waals surface area contributed by atoms with Crippen LogP contribution in [0.4, 0.5) is 16.0 Å². The van der Waals surface area contributed by atoms with Gasteiger partial charge in [-0.3, -0.25) is 4.90 Å². The maximum atomic E-state index is 15.4. The molecule has 3 saturated carbocycles. The summed E-state index contributed by atoms with van der Waals surface area (Å²) in [6, 6.07) is 3.53. The van der Waals surface area contributed by atoms with Crippen molar-refractivity contribution in [2.24, 2.45) is 5.92 Å². The molecule has 2 bridgehead atoms. The zero-order valence-corrected chi connectivity index (χ0v) is 21.1. The molecular weight excluding hydrogens is 506 g/mol. The highest BCUT2D eigenvalue weighted by Gasteiger charge is 2.59. The molecular formula is C25H27Cl2FN6O2. The van der Waals surface area contributed by atoms with Crippen LogP contribution >= 0.6 is 23.2 Å². The average molecular weight is 533 g/mol. The summed E-state index contributed by atoms with van der Waals surface area (Å²) in [6.45, 7) is 1.66. The number of rotatable bonds is 5. The second kappa shape index (κ2) is 8.49. The van der Waals surface area contributed by atoms with Gasteiger partial charge in [0.1, 0.15) is 6.17 Å². The van der Waals surface area contributed by atoms with Crippen LogP contribution in [0.1, 0.15) is 37.2 Å². The van der Waals surface area contributed by atoms with Gasteiger partial charge < -0.3 is 15.2 Å². The number of halogens is 3. The predicted molar refractivity (Wildman–Crippen MR) is 135 cm³/mol. The Morgan fingerprint density at radius 3 is 2.69 bits per heavy atom. The summed E-state index contributed by atoms with van der Waals surface area (Å²) in [7, 11) is 0. The molecule has 3 aliphatic carbocycles. The molecule has 0 radical (unpaired) electrons. The SMILES string of the molecule is O[C@@H]1COCC1N1CCC(c2cc3nc(Nc4cnn(C56CC(C5)C6)c4Cl)ncc3cc2Cl)[C@@H](F)C1. The largest absolute Gasteiger partial charge is 0.389 e. The topological polar surface area (TPSA) is 88.3 Å². The van der Waals surface area contributed by atoms with E-state index >= 15 is 4.39 Å². The predicted octanol–water partition coefficient (Wildman–Crippen LogP) is 4.27. The Balaban J connectivity index is 1.12. The van der Waals surface area contributed by atoms with Crippen LogP contribution in [0.5, 0.6) is 0 Å². The van der Waals surface area contributed by atoms with E-state index < -0.39 is 12.3 Å². The molecule has 8 nitrogen and oxygen atoms in total. The van der Waals surface area contributed by atoms with Crippen molar-refractivity contribution in [3.05, 3.63) is 40.3 Å². The molecule has 4 atom stereocenters. The Labute approximate surface area is 217 Å². The van der Waals surface area contributed by atoms with Crippen molar-refractivity contribution in [3.8, 4) is 0 Å². The maximum Gasteiger partial charge on any atom is 0.227 e. The summed E-state index contributed by atoms with van der Waals surface area (Å²) < 4.78 is 22.7. The van der Waals surface area contributed by atoms with Gasteiger partial charge in [-0.1, -0.05) is 23.2 Å². The first-order chi connectivity index (χ1) is 17.4. The molecule has 2 aromatic heterocycles. The van der Waals surface area contributed by atoms with Crippen LogP contribution in [0.2, 0.25) is 10.2 Å². The van der Waals surface area contributed by atoms with Crippen LogP contribution in [0.3, 0.4) is 0 Å². The first kappa shape index (κ1) is 23.1. The number of fused-ring (bicyclic) bond motifs is 1. The van der Waals surface area contributed by atoms with Crippen molar-refractivity contribution in [1.82, 2.24) is 24.6 Å². The minimum Gasteiger partial charge on any atom is -0.389 e. The van der Waals surface area contributed by atoms with Crippen LogP contribution in [-0.2, 0) is 10.3 Å². The van der Waals surface area contributed by atoms with Gasteiger partial charge in [-0.2, -0.15) is 5.10 Å². The quantitative estimate of drug-likeness (QED) is 0.507. The van der Waals surface area contributed by atoms with Gasteiger partial charge in [0.05, 0.1) is 48.3 Å². The third-order valence-corrected chi connectivity index (χ3v) is 9.26.